The number of alkyl halides is 2. The van der Waals surface area contributed by atoms with Gasteiger partial charge < -0.3 is 117 Å². The Balaban J connectivity index is 4.24. The van der Waals surface area contributed by atoms with Crippen LogP contribution in [-0.2, 0) is 104 Å². The van der Waals surface area contributed by atoms with Gasteiger partial charge in [0.05, 0.1) is 119 Å². The molecule has 380 valence electrons. The predicted octanol–water partition coefficient (Wildman–Crippen LogP) is -3.86. The Morgan fingerprint density at radius 2 is 0.508 bits per heavy atom. The van der Waals surface area contributed by atoms with Crippen molar-refractivity contribution in [2.75, 3.05) is 119 Å². The highest BCUT2D eigenvalue weighted by Crippen LogP contribution is 2.45. The summed E-state index contributed by atoms with van der Waals surface area (Å²) in [7, 11) is -41.6. The molecule has 0 aliphatic rings. The molecule has 10 unspecified atom stereocenters. The van der Waals surface area contributed by atoms with Crippen molar-refractivity contribution in [2.45, 2.75) is 0 Å². The van der Waals surface area contributed by atoms with E-state index in [1.54, 1.807) is 0 Å². The maximum atomic E-state index is 12.8. The number of hydrogen-bond donors (Lipinski definition) is 2. The molecule has 0 saturated carbocycles. The van der Waals surface area contributed by atoms with Crippen LogP contribution >= 0.6 is 62.6 Å². The minimum Gasteiger partial charge on any atom is -0.756 e. The molecule has 0 radical (unpaired) electrons. The van der Waals surface area contributed by atoms with Crippen molar-refractivity contribution in [1.82, 2.24) is 0 Å². The van der Waals surface area contributed by atoms with Crippen LogP contribution in [-0.4, -0.2) is 129 Å². The highest BCUT2D eigenvalue weighted by atomic mass is 31.2. The molecule has 0 rings (SSSR count). The lowest BCUT2D eigenvalue weighted by atomic mass is 10.2. The summed E-state index contributed by atoms with van der Waals surface area (Å²) in [5.41, 5.74) is 0. The van der Waals surface area contributed by atoms with Gasteiger partial charge >= 0.3 is 0 Å². The monoisotopic (exact) mass is 1090 g/mol. The Kier molecular flexibility index (Phi) is 31.4. The normalized spacial score (nSPS) is 21.0. The topological polar surface area (TPSA) is 500 Å². The lowest BCUT2D eigenvalue weighted by Gasteiger charge is -2.27. The van der Waals surface area contributed by atoms with Gasteiger partial charge in [-0.3, -0.25) is 45.3 Å². The van der Waals surface area contributed by atoms with E-state index in [-0.39, 0.29) is 0 Å². The molecule has 63 heavy (non-hydrogen) atoms. The number of hydrogen-bond acceptors (Lipinski definition) is 32. The number of aliphatic hydroxyl groups excluding tert-OH is 1. The van der Waals surface area contributed by atoms with Gasteiger partial charge in [-0.1, -0.05) is 0 Å². The largest absolute Gasteiger partial charge is 0.756 e. The summed E-state index contributed by atoms with van der Waals surface area (Å²) in [4.78, 5) is 101. The van der Waals surface area contributed by atoms with E-state index in [0.717, 1.165) is 0 Å². The molecular formula is C20H40F2O33P8-8. The molecule has 0 aliphatic carbocycles. The third-order valence-corrected chi connectivity index (χ3v) is 13.0. The summed E-state index contributed by atoms with van der Waals surface area (Å²) in [5, 5.41) is 8.78. The number of halogens is 2. The van der Waals surface area contributed by atoms with Crippen LogP contribution in [0.25, 0.3) is 0 Å². The predicted molar refractivity (Wildman–Crippen MR) is 178 cm³/mol. The van der Waals surface area contributed by atoms with Crippen molar-refractivity contribution in [1.29, 1.82) is 0 Å². The zero-order valence-corrected chi connectivity index (χ0v) is 38.9. The summed E-state index contributed by atoms with van der Waals surface area (Å²) in [5.74, 6) is -2.63. The van der Waals surface area contributed by atoms with E-state index in [2.05, 4.69) is 67.9 Å². The van der Waals surface area contributed by atoms with E-state index in [0.29, 0.717) is 0 Å². The van der Waals surface area contributed by atoms with Crippen molar-refractivity contribution in [2.24, 2.45) is 11.8 Å². The molecule has 0 bridgehead atoms. The van der Waals surface area contributed by atoms with Crippen LogP contribution in [0.3, 0.4) is 0 Å². The van der Waals surface area contributed by atoms with Gasteiger partial charge in [-0.15, -0.1) is 0 Å². The first kappa shape index (κ1) is 63.7. The van der Waals surface area contributed by atoms with Gasteiger partial charge in [0.2, 0.25) is 0 Å². The molecule has 0 aliphatic heterocycles. The van der Waals surface area contributed by atoms with Crippen LogP contribution in [0.2, 0.25) is 0 Å². The van der Waals surface area contributed by atoms with Crippen LogP contribution in [0.5, 0.6) is 0 Å². The van der Waals surface area contributed by atoms with Gasteiger partial charge in [-0.2, -0.15) is 0 Å². The molecule has 0 fully saturated rings. The average molecular weight is 1090 g/mol. The van der Waals surface area contributed by atoms with Crippen molar-refractivity contribution in [3.05, 3.63) is 0 Å². The molecule has 0 aromatic carbocycles. The van der Waals surface area contributed by atoms with Gasteiger partial charge in [0.25, 0.3) is 62.6 Å². The lowest BCUT2D eigenvalue weighted by Crippen LogP contribution is -2.21. The molecule has 0 aromatic rings. The second kappa shape index (κ2) is 31.0. The molecule has 33 nitrogen and oxygen atoms in total. The van der Waals surface area contributed by atoms with Crippen molar-refractivity contribution in [3.63, 3.8) is 0 Å². The third kappa shape index (κ3) is 37.3. The smallest absolute Gasteiger partial charge is 0.268 e. The standard InChI is InChI=1S/C20H48F2O33P8/c21-13-19(15-23)16-54-62(37,38)51-11-9-49-60(33,34)47-7-5-45-58(29,30)43-3-1-41-57(27,28)42-2-4-44-59(31,32)46-6-8-48-61(35,36)50-10-12-52-63(39,40)55-18-20(14-22)17-53-56(24,25)26/h19-20,23H,1-18H2,(H,27,28)(H,29,30)(H,31,32)(H,33,34)(H,35,36)(H,37,38)(H,39,40)(H2,24,25,26)/p-8. The fourth-order valence-electron chi connectivity index (χ4n) is 2.93. The molecule has 0 saturated heterocycles. The first-order chi connectivity index (χ1) is 28.9. The maximum absolute atomic E-state index is 12.8. The highest BCUT2D eigenvalue weighted by Gasteiger charge is 2.20. The van der Waals surface area contributed by atoms with Crippen molar-refractivity contribution in [3.8, 4) is 0 Å². The summed E-state index contributed by atoms with van der Waals surface area (Å²) in [6.07, 6.45) is 0. The van der Waals surface area contributed by atoms with Gasteiger partial charge in [-0.05, 0) is 0 Å². The molecule has 0 heterocycles. The van der Waals surface area contributed by atoms with Crippen LogP contribution in [0.1, 0.15) is 0 Å². The van der Waals surface area contributed by atoms with Crippen LogP contribution in [0, 0.1) is 11.8 Å². The Hall–Kier alpha value is 0.700. The summed E-state index contributed by atoms with van der Waals surface area (Å²) < 4.78 is 181. The van der Waals surface area contributed by atoms with E-state index >= 15 is 0 Å². The molecule has 0 amide bonds. The Morgan fingerprint density at radius 1 is 0.333 bits per heavy atom. The maximum Gasteiger partial charge on any atom is 0.268 e. The molecule has 0 spiro atoms. The van der Waals surface area contributed by atoms with Crippen LogP contribution in [0.4, 0.5) is 8.78 Å². The SMILES string of the molecule is O=P([O-])(O)OCC(CF)COP(=O)([O-])OCCOP(=O)([O-])OCCOP(=O)([O-])OCCOP(=O)([O-])OCCOP(=O)([O-])OCCOP(=O)([O-])OCCOP(=O)([O-])OCC(CO)CF. The second-order valence-electron chi connectivity index (χ2n) is 10.7. The van der Waals surface area contributed by atoms with E-state index in [4.69, 9.17) is 10.00 Å². The summed E-state index contributed by atoms with van der Waals surface area (Å²) >= 11 is 0. The number of rotatable bonds is 42. The molecule has 0 aromatic heterocycles. The van der Waals surface area contributed by atoms with E-state index < -0.39 is 193 Å². The third-order valence-electron chi connectivity index (χ3n) is 5.60. The highest BCUT2D eigenvalue weighted by molar-refractivity contribution is 7.47. The zero-order valence-electron chi connectivity index (χ0n) is 31.8. The van der Waals surface area contributed by atoms with Crippen LogP contribution < -0.4 is 39.1 Å². The number of phosphoric acid groups is 8. The van der Waals surface area contributed by atoms with Crippen molar-refractivity contribution < 1.29 is 162 Å². The first-order valence-electron chi connectivity index (χ1n) is 16.5. The zero-order chi connectivity index (χ0) is 48.5. The van der Waals surface area contributed by atoms with Gasteiger partial charge in [-0.25, -0.2) is 0 Å². The van der Waals surface area contributed by atoms with Crippen molar-refractivity contribution >= 4 is 62.6 Å². The fourth-order valence-corrected chi connectivity index (χ4v) is 8.21. The number of phosphoric ester groups is 8. The van der Waals surface area contributed by atoms with Gasteiger partial charge in [0.15, 0.2) is 0 Å². The Bertz CT molecular complexity index is 1680. The van der Waals surface area contributed by atoms with Crippen LogP contribution in [0.15, 0.2) is 0 Å². The lowest BCUT2D eigenvalue weighted by molar-refractivity contribution is -0.238. The summed E-state index contributed by atoms with van der Waals surface area (Å²) in [6, 6.07) is 0. The second-order valence-corrected chi connectivity index (χ2v) is 21.8. The quantitative estimate of drug-likeness (QED) is 0.0436. The molecule has 2 N–H and O–H groups in total. The minimum atomic E-state index is -5.26. The average Bonchev–Trinajstić information content (AvgIpc) is 3.16. The summed E-state index contributed by atoms with van der Waals surface area (Å²) in [6.45, 7) is -18.0. The Labute approximate surface area is 355 Å². The minimum absolute atomic E-state index is 0.726. The number of aliphatic hydroxyl groups is 1. The molecule has 43 heteroatoms. The van der Waals surface area contributed by atoms with E-state index in [1.807, 2.05) is 0 Å². The Morgan fingerprint density at radius 3 is 0.683 bits per heavy atom. The van der Waals surface area contributed by atoms with E-state index in [1.165, 1.54) is 0 Å². The molecule has 10 atom stereocenters. The van der Waals surface area contributed by atoms with E-state index in [9.17, 15) is 84.4 Å². The fraction of sp³-hybridized carbons (Fsp3) is 1.00. The van der Waals surface area contributed by atoms with Gasteiger partial charge in [0.1, 0.15) is 0 Å². The molecular weight excluding hydrogens is 1050 g/mol. The van der Waals surface area contributed by atoms with Gasteiger partial charge in [0, 0.05) is 11.8 Å². The first-order valence-corrected chi connectivity index (χ1v) is 28.2.